The van der Waals surface area contributed by atoms with Crippen molar-refractivity contribution in [3.63, 3.8) is 0 Å². The largest absolute Gasteiger partial charge is 0.481 e. The van der Waals surface area contributed by atoms with Crippen LogP contribution >= 0.6 is 0 Å². The molecule has 408 valence electrons. The van der Waals surface area contributed by atoms with E-state index in [4.69, 9.17) is 24.1 Å². The molecule has 0 spiro atoms. The molecule has 1 unspecified atom stereocenters. The van der Waals surface area contributed by atoms with E-state index in [9.17, 15) is 53.1 Å². The second-order valence-corrected chi connectivity index (χ2v) is 17.3. The molecular formula is C49H86N6O16. The second kappa shape index (κ2) is 47.3. The third-order valence-corrected chi connectivity index (χ3v) is 10.9. The van der Waals surface area contributed by atoms with E-state index in [1.165, 1.54) is 32.1 Å². The van der Waals surface area contributed by atoms with Crippen molar-refractivity contribution in [1.29, 1.82) is 0 Å². The highest BCUT2D eigenvalue weighted by Crippen LogP contribution is 2.14. The molecule has 0 radical (unpaired) electrons. The summed E-state index contributed by atoms with van der Waals surface area (Å²) >= 11 is 0. The highest BCUT2D eigenvalue weighted by molar-refractivity contribution is 5.85. The van der Waals surface area contributed by atoms with E-state index < -0.39 is 47.8 Å². The second-order valence-electron chi connectivity index (χ2n) is 17.3. The van der Waals surface area contributed by atoms with E-state index in [1.54, 1.807) is 0 Å². The van der Waals surface area contributed by atoms with Gasteiger partial charge >= 0.3 is 11.9 Å². The molecule has 22 heteroatoms. The molecule has 0 saturated carbocycles. The van der Waals surface area contributed by atoms with Crippen LogP contribution in [0.5, 0.6) is 0 Å². The maximum Gasteiger partial charge on any atom is 0.326 e. The van der Waals surface area contributed by atoms with Crippen LogP contribution in [-0.4, -0.2) is 161 Å². The summed E-state index contributed by atoms with van der Waals surface area (Å²) in [6.45, 7) is 3.39. The van der Waals surface area contributed by atoms with Crippen molar-refractivity contribution in [1.82, 2.24) is 31.9 Å². The van der Waals surface area contributed by atoms with Crippen molar-refractivity contribution in [3.05, 3.63) is 0 Å². The lowest BCUT2D eigenvalue weighted by molar-refractivity contribution is -0.142. The monoisotopic (exact) mass is 1010 g/mol. The van der Waals surface area contributed by atoms with Gasteiger partial charge < -0.3 is 70.7 Å². The van der Waals surface area contributed by atoms with Crippen molar-refractivity contribution >= 4 is 60.0 Å². The van der Waals surface area contributed by atoms with Crippen LogP contribution in [0, 0.1) is 0 Å². The van der Waals surface area contributed by atoms with Crippen LogP contribution in [0.15, 0.2) is 0 Å². The number of unbranched alkanes of at least 4 members (excludes halogenated alkanes) is 14. The molecule has 0 rings (SSSR count). The fraction of sp³-hybridized carbons (Fsp3) is 0.796. The Morgan fingerprint density at radius 1 is 0.408 bits per heavy atom. The maximum absolute atomic E-state index is 12.5. The molecule has 0 aliphatic carbocycles. The predicted molar refractivity (Wildman–Crippen MR) is 262 cm³/mol. The van der Waals surface area contributed by atoms with Crippen molar-refractivity contribution < 1.29 is 77.1 Å². The fourth-order valence-corrected chi connectivity index (χ4v) is 6.86. The molecule has 0 aromatic rings. The smallest absolute Gasteiger partial charge is 0.326 e. The molecule has 3 atom stereocenters. The van der Waals surface area contributed by atoms with Gasteiger partial charge in [-0.05, 0) is 38.5 Å². The Morgan fingerprint density at radius 2 is 0.803 bits per heavy atom. The van der Waals surface area contributed by atoms with E-state index in [0.29, 0.717) is 25.5 Å². The number of nitrogens with one attached hydrogen (secondary N) is 6. The zero-order valence-electron chi connectivity index (χ0n) is 42.2. The van der Waals surface area contributed by atoms with Gasteiger partial charge in [-0.3, -0.25) is 33.6 Å². The van der Waals surface area contributed by atoms with Gasteiger partial charge in [0.2, 0.25) is 35.4 Å². The normalized spacial score (nSPS) is 12.2. The van der Waals surface area contributed by atoms with E-state index in [2.05, 4.69) is 31.9 Å². The lowest BCUT2D eigenvalue weighted by Gasteiger charge is -2.16. The standard InChI is InChI=1S/C49H86N6O16/c1-2-3-26-50-42(58)23-21-40(36-57)54-47(63)38-71-34-32-69-30-28-52-46(62)37-70-33-31-68-29-27-51-43(59)24-20-39(35-56)53-45(61)25-22-41(49(66)67)55-44(60)18-16-14-12-10-8-6-4-5-7-9-11-13-15-17-19-48(64)65/h35-36,39-41H,2-34,37-38H2,1H3,(H,50,58)(H,51,59)(H,52,62)(H,53,61)(H,54,63)(H,55,60)(H,64,65)(H,66,67)/t39-,40-,41?/m0/s1. The zero-order valence-corrected chi connectivity index (χ0v) is 42.2. The summed E-state index contributed by atoms with van der Waals surface area (Å²) in [4.78, 5) is 118. The molecule has 0 heterocycles. The molecule has 0 aliphatic rings. The Hall–Kier alpha value is -5.06. The van der Waals surface area contributed by atoms with E-state index in [-0.39, 0.29) is 135 Å². The van der Waals surface area contributed by atoms with Crippen LogP contribution in [0.25, 0.3) is 0 Å². The molecule has 0 fully saturated rings. The first-order valence-corrected chi connectivity index (χ1v) is 25.6. The predicted octanol–water partition coefficient (Wildman–Crippen LogP) is 2.81. The Morgan fingerprint density at radius 3 is 1.27 bits per heavy atom. The summed E-state index contributed by atoms with van der Waals surface area (Å²) in [6, 6.07) is -3.01. The number of amides is 6. The number of rotatable bonds is 51. The van der Waals surface area contributed by atoms with Gasteiger partial charge in [0.1, 0.15) is 31.8 Å². The topological polar surface area (TPSA) is 320 Å². The molecule has 0 aromatic heterocycles. The number of hydrogen-bond donors (Lipinski definition) is 8. The fourth-order valence-electron chi connectivity index (χ4n) is 6.86. The molecule has 71 heavy (non-hydrogen) atoms. The first kappa shape index (κ1) is 65.9. The summed E-state index contributed by atoms with van der Waals surface area (Å²) in [5.74, 6) is -4.39. The number of hydrogen-bond acceptors (Lipinski definition) is 14. The molecule has 0 aliphatic heterocycles. The number of aliphatic carboxylic acids is 2. The molecule has 22 nitrogen and oxygen atoms in total. The minimum Gasteiger partial charge on any atom is -0.481 e. The minimum atomic E-state index is -1.27. The Balaban J connectivity index is 3.89. The van der Waals surface area contributed by atoms with Crippen LogP contribution in [-0.2, 0) is 66.9 Å². The molecule has 0 aromatic carbocycles. The Kier molecular flexibility index (Phi) is 43.9. The average molecular weight is 1020 g/mol. The number of aldehydes is 2. The highest BCUT2D eigenvalue weighted by atomic mass is 16.5. The van der Waals surface area contributed by atoms with E-state index in [1.807, 2.05) is 6.92 Å². The van der Waals surface area contributed by atoms with Gasteiger partial charge in [-0.15, -0.1) is 0 Å². The Bertz CT molecular complexity index is 1510. The maximum atomic E-state index is 12.5. The number of carboxylic acids is 2. The molecule has 8 N–H and O–H groups in total. The summed E-state index contributed by atoms with van der Waals surface area (Å²) in [5, 5.41) is 33.7. The first-order valence-electron chi connectivity index (χ1n) is 25.6. The average Bonchev–Trinajstić information content (AvgIpc) is 3.34. The van der Waals surface area contributed by atoms with Gasteiger partial charge in [0.05, 0.1) is 51.7 Å². The van der Waals surface area contributed by atoms with Crippen LogP contribution in [0.1, 0.15) is 161 Å². The quantitative estimate of drug-likeness (QED) is 0.0321. The number of carboxylic acid groups (broad SMARTS) is 2. The molecule has 0 bridgehead atoms. The van der Waals surface area contributed by atoms with Gasteiger partial charge in [0, 0.05) is 51.7 Å². The third-order valence-electron chi connectivity index (χ3n) is 10.9. The summed E-state index contributed by atoms with van der Waals surface area (Å²) in [7, 11) is 0. The number of carbonyl (C=O) groups excluding carboxylic acids is 8. The molecule has 0 saturated heterocycles. The SMILES string of the molecule is CCCCNC(=O)CC[C@@H](C=O)NC(=O)COCCOCCNC(=O)COCCOCCNC(=O)CC[C@@H](C=O)NC(=O)CCC(NC(=O)CCCCCCCCCCCCCCCCC(=O)O)C(=O)O. The highest BCUT2D eigenvalue weighted by Gasteiger charge is 2.22. The van der Waals surface area contributed by atoms with Crippen molar-refractivity contribution in [3.8, 4) is 0 Å². The van der Waals surface area contributed by atoms with Crippen molar-refractivity contribution in [2.45, 2.75) is 179 Å². The van der Waals surface area contributed by atoms with Crippen molar-refractivity contribution in [2.75, 3.05) is 72.5 Å². The first-order chi connectivity index (χ1) is 34.3. The lowest BCUT2D eigenvalue weighted by Crippen LogP contribution is -2.42. The van der Waals surface area contributed by atoms with Gasteiger partial charge in [0.25, 0.3) is 0 Å². The minimum absolute atomic E-state index is 0.0201. The van der Waals surface area contributed by atoms with Gasteiger partial charge in [0.15, 0.2) is 0 Å². The Labute approximate surface area is 419 Å². The van der Waals surface area contributed by atoms with Gasteiger partial charge in [-0.1, -0.05) is 90.4 Å². The zero-order chi connectivity index (χ0) is 52.6. The van der Waals surface area contributed by atoms with E-state index in [0.717, 1.165) is 64.2 Å². The number of carbonyl (C=O) groups is 10. The van der Waals surface area contributed by atoms with Crippen LogP contribution < -0.4 is 31.9 Å². The summed E-state index contributed by atoms with van der Waals surface area (Å²) in [5.41, 5.74) is 0. The van der Waals surface area contributed by atoms with Gasteiger partial charge in [-0.2, -0.15) is 0 Å². The van der Waals surface area contributed by atoms with Gasteiger partial charge in [-0.25, -0.2) is 4.79 Å². The molecular weight excluding hydrogens is 929 g/mol. The third kappa shape index (κ3) is 44.6. The van der Waals surface area contributed by atoms with Crippen LogP contribution in [0.2, 0.25) is 0 Å². The van der Waals surface area contributed by atoms with Crippen LogP contribution in [0.4, 0.5) is 0 Å². The molecule has 6 amide bonds. The number of ether oxygens (including phenoxy) is 4. The van der Waals surface area contributed by atoms with E-state index >= 15 is 0 Å². The van der Waals surface area contributed by atoms with Crippen molar-refractivity contribution in [2.24, 2.45) is 0 Å². The lowest BCUT2D eigenvalue weighted by atomic mass is 10.0. The van der Waals surface area contributed by atoms with Crippen LogP contribution in [0.3, 0.4) is 0 Å². The summed E-state index contributed by atoms with van der Waals surface area (Å²) in [6.07, 6.45) is 17.8. The summed E-state index contributed by atoms with van der Waals surface area (Å²) < 4.78 is 21.2.